The van der Waals surface area contributed by atoms with Gasteiger partial charge in [-0.25, -0.2) is 13.4 Å². The molecule has 1 N–H and O–H groups in total. The van der Waals surface area contributed by atoms with Gasteiger partial charge in [0, 0.05) is 17.8 Å². The second kappa shape index (κ2) is 6.87. The average molecular weight is 383 g/mol. The molecule has 0 atom stereocenters. The predicted molar refractivity (Wildman–Crippen MR) is 89.1 cm³/mol. The van der Waals surface area contributed by atoms with Crippen LogP contribution in [0.5, 0.6) is 11.5 Å². The quantitative estimate of drug-likeness (QED) is 0.703. The summed E-state index contributed by atoms with van der Waals surface area (Å²) >= 11 is 0. The molecule has 0 aliphatic rings. The Morgan fingerprint density at radius 3 is 2.73 bits per heavy atom. The number of alkyl halides is 2. The summed E-state index contributed by atoms with van der Waals surface area (Å²) in [5.74, 6) is 0.0489. The highest BCUT2D eigenvalue weighted by Gasteiger charge is 2.23. The first-order valence-electron chi connectivity index (χ1n) is 7.46. The lowest BCUT2D eigenvalue weighted by atomic mass is 10.2. The highest BCUT2D eigenvalue weighted by molar-refractivity contribution is 7.90. The molecule has 0 bridgehead atoms. The number of pyridine rings is 1. The number of imidazole rings is 1. The standard InChI is InChI=1S/C16H15F2N3O4S/c1-9-13(19-6-5-14(9)24-2)8-26(22,23)16-20-11-4-3-10(25-15(17)18)7-12(11)21-16/h3-7,15H,8H2,1-2H3,(H,20,21). The number of fused-ring (bicyclic) bond motifs is 1. The minimum absolute atomic E-state index is 0.103. The van der Waals surface area contributed by atoms with Gasteiger partial charge in [-0.15, -0.1) is 0 Å². The van der Waals surface area contributed by atoms with Crippen LogP contribution in [0, 0.1) is 6.92 Å². The van der Waals surface area contributed by atoms with Crippen molar-refractivity contribution in [2.75, 3.05) is 7.11 Å². The molecule has 0 aliphatic heterocycles. The van der Waals surface area contributed by atoms with E-state index in [1.165, 1.54) is 31.5 Å². The van der Waals surface area contributed by atoms with Crippen molar-refractivity contribution < 1.29 is 26.7 Å². The normalized spacial score (nSPS) is 11.9. The number of benzene rings is 1. The Hall–Kier alpha value is -2.75. The molecule has 138 valence electrons. The van der Waals surface area contributed by atoms with E-state index >= 15 is 0 Å². The topological polar surface area (TPSA) is 94.2 Å². The molecular weight excluding hydrogens is 368 g/mol. The average Bonchev–Trinajstić information content (AvgIpc) is 3.00. The molecule has 0 saturated carbocycles. The van der Waals surface area contributed by atoms with Crippen molar-refractivity contribution in [3.63, 3.8) is 0 Å². The zero-order valence-electron chi connectivity index (χ0n) is 13.9. The maximum Gasteiger partial charge on any atom is 0.387 e. The molecule has 1 aromatic carbocycles. The van der Waals surface area contributed by atoms with Crippen LogP contribution in [0.2, 0.25) is 0 Å². The number of methoxy groups -OCH3 is 1. The van der Waals surface area contributed by atoms with Crippen LogP contribution in [-0.4, -0.2) is 37.1 Å². The molecule has 3 aromatic rings. The lowest BCUT2D eigenvalue weighted by molar-refractivity contribution is -0.0497. The first kappa shape index (κ1) is 18.1. The molecule has 0 radical (unpaired) electrons. The number of aromatic nitrogens is 3. The molecular formula is C16H15F2N3O4S. The zero-order chi connectivity index (χ0) is 18.9. The number of H-pyrrole nitrogens is 1. The van der Waals surface area contributed by atoms with Gasteiger partial charge in [0.1, 0.15) is 17.3 Å². The molecule has 0 saturated heterocycles. The maximum absolute atomic E-state index is 12.7. The van der Waals surface area contributed by atoms with Crippen LogP contribution in [0.3, 0.4) is 0 Å². The molecule has 26 heavy (non-hydrogen) atoms. The third kappa shape index (κ3) is 3.59. The van der Waals surface area contributed by atoms with Gasteiger partial charge in [0.05, 0.1) is 23.8 Å². The predicted octanol–water partition coefficient (Wildman–Crippen LogP) is 2.85. The first-order valence-corrected chi connectivity index (χ1v) is 9.11. The van der Waals surface area contributed by atoms with Gasteiger partial charge in [-0.1, -0.05) is 0 Å². The second-order valence-electron chi connectivity index (χ2n) is 5.44. The Morgan fingerprint density at radius 2 is 2.04 bits per heavy atom. The van der Waals surface area contributed by atoms with Crippen molar-refractivity contribution in [1.29, 1.82) is 0 Å². The van der Waals surface area contributed by atoms with Crippen LogP contribution in [0.4, 0.5) is 8.78 Å². The Balaban J connectivity index is 1.94. The summed E-state index contributed by atoms with van der Waals surface area (Å²) in [6, 6.07) is 5.61. The van der Waals surface area contributed by atoms with Crippen molar-refractivity contribution in [2.24, 2.45) is 0 Å². The fourth-order valence-corrected chi connectivity index (χ4v) is 3.75. The van der Waals surface area contributed by atoms with Gasteiger partial charge in [0.2, 0.25) is 15.0 Å². The van der Waals surface area contributed by atoms with Crippen molar-refractivity contribution >= 4 is 20.9 Å². The van der Waals surface area contributed by atoms with E-state index in [9.17, 15) is 17.2 Å². The van der Waals surface area contributed by atoms with Crippen molar-refractivity contribution in [3.05, 3.63) is 41.7 Å². The van der Waals surface area contributed by atoms with E-state index in [1.54, 1.807) is 13.0 Å². The SMILES string of the molecule is COc1ccnc(CS(=O)(=O)c2nc3cc(OC(F)F)ccc3[nH]2)c1C. The van der Waals surface area contributed by atoms with Gasteiger partial charge >= 0.3 is 6.61 Å². The van der Waals surface area contributed by atoms with Crippen LogP contribution in [0.25, 0.3) is 11.0 Å². The van der Waals surface area contributed by atoms with E-state index < -0.39 is 16.4 Å². The van der Waals surface area contributed by atoms with E-state index in [1.807, 2.05) is 0 Å². The monoisotopic (exact) mass is 383 g/mol. The third-order valence-electron chi connectivity index (χ3n) is 3.76. The number of aromatic amines is 1. The van der Waals surface area contributed by atoms with Gasteiger partial charge in [-0.05, 0) is 25.1 Å². The molecule has 0 fully saturated rings. The minimum atomic E-state index is -3.83. The van der Waals surface area contributed by atoms with Crippen LogP contribution >= 0.6 is 0 Å². The first-order chi connectivity index (χ1) is 12.3. The number of hydrogen-bond acceptors (Lipinski definition) is 6. The van der Waals surface area contributed by atoms with E-state index in [4.69, 9.17) is 4.74 Å². The Morgan fingerprint density at radius 1 is 1.27 bits per heavy atom. The number of sulfone groups is 1. The van der Waals surface area contributed by atoms with Gasteiger partial charge < -0.3 is 14.5 Å². The second-order valence-corrected chi connectivity index (χ2v) is 7.35. The zero-order valence-corrected chi connectivity index (χ0v) is 14.7. The largest absolute Gasteiger partial charge is 0.496 e. The van der Waals surface area contributed by atoms with Gasteiger partial charge in [0.25, 0.3) is 0 Å². The molecule has 10 heteroatoms. The number of nitrogens with zero attached hydrogens (tertiary/aromatic N) is 2. The molecule has 7 nitrogen and oxygen atoms in total. The Labute approximate surface area is 147 Å². The molecule has 0 aliphatic carbocycles. The number of nitrogens with one attached hydrogen (secondary N) is 1. The van der Waals surface area contributed by atoms with Crippen molar-refractivity contribution in [3.8, 4) is 11.5 Å². The van der Waals surface area contributed by atoms with Crippen LogP contribution in [0.15, 0.2) is 35.6 Å². The van der Waals surface area contributed by atoms with Gasteiger partial charge in [0.15, 0.2) is 0 Å². The van der Waals surface area contributed by atoms with Crippen LogP contribution < -0.4 is 9.47 Å². The van der Waals surface area contributed by atoms with Crippen LogP contribution in [-0.2, 0) is 15.6 Å². The smallest absolute Gasteiger partial charge is 0.387 e. The maximum atomic E-state index is 12.7. The highest BCUT2D eigenvalue weighted by atomic mass is 32.2. The summed E-state index contributed by atoms with van der Waals surface area (Å²) in [5, 5.41) is -0.272. The molecule has 0 amide bonds. The summed E-state index contributed by atoms with van der Waals surface area (Å²) in [6.45, 7) is -1.26. The van der Waals surface area contributed by atoms with Crippen LogP contribution in [0.1, 0.15) is 11.3 Å². The molecule has 0 unspecified atom stereocenters. The summed E-state index contributed by atoms with van der Waals surface area (Å²) in [6.07, 6.45) is 1.46. The number of rotatable bonds is 6. The lowest BCUT2D eigenvalue weighted by Gasteiger charge is -2.08. The van der Waals surface area contributed by atoms with E-state index in [-0.39, 0.29) is 22.2 Å². The number of halogens is 2. The number of ether oxygens (including phenoxy) is 2. The van der Waals surface area contributed by atoms with Crippen molar-refractivity contribution in [2.45, 2.75) is 24.4 Å². The Bertz CT molecular complexity index is 1050. The fourth-order valence-electron chi connectivity index (χ4n) is 2.46. The van der Waals surface area contributed by atoms with Crippen molar-refractivity contribution in [1.82, 2.24) is 15.0 Å². The summed E-state index contributed by atoms with van der Waals surface area (Å²) in [4.78, 5) is 10.8. The highest BCUT2D eigenvalue weighted by Crippen LogP contribution is 2.25. The summed E-state index contributed by atoms with van der Waals surface area (Å²) in [5.41, 5.74) is 1.55. The van der Waals surface area contributed by atoms with Gasteiger partial charge in [-0.2, -0.15) is 8.78 Å². The summed E-state index contributed by atoms with van der Waals surface area (Å²) < 4.78 is 59.4. The van der Waals surface area contributed by atoms with E-state index in [2.05, 4.69) is 19.7 Å². The van der Waals surface area contributed by atoms with E-state index in [0.29, 0.717) is 22.5 Å². The van der Waals surface area contributed by atoms with E-state index in [0.717, 1.165) is 0 Å². The van der Waals surface area contributed by atoms with Gasteiger partial charge in [-0.3, -0.25) is 4.98 Å². The number of hydrogen-bond donors (Lipinski definition) is 1. The lowest BCUT2D eigenvalue weighted by Crippen LogP contribution is -2.10. The Kier molecular flexibility index (Phi) is 4.77. The minimum Gasteiger partial charge on any atom is -0.496 e. The molecule has 3 rings (SSSR count). The summed E-state index contributed by atoms with van der Waals surface area (Å²) in [7, 11) is -2.35. The molecule has 2 heterocycles. The molecule has 0 spiro atoms. The molecule has 2 aromatic heterocycles. The fraction of sp³-hybridized carbons (Fsp3) is 0.250. The third-order valence-corrected chi connectivity index (χ3v) is 5.19.